The summed E-state index contributed by atoms with van der Waals surface area (Å²) in [6.07, 6.45) is -0.554. The fourth-order valence-electron chi connectivity index (χ4n) is 1.04. The van der Waals surface area contributed by atoms with Crippen LogP contribution in [0.25, 0.3) is 0 Å². The van der Waals surface area contributed by atoms with Gasteiger partial charge in [0.05, 0.1) is 6.10 Å². The minimum absolute atomic E-state index is 0. The smallest absolute Gasteiger partial charge is 0.115 e. The predicted octanol–water partition coefficient (Wildman–Crippen LogP) is -2.35. The lowest BCUT2D eigenvalue weighted by atomic mass is 10.1. The topological polar surface area (TPSA) is 52.5 Å². The fourth-order valence-corrected chi connectivity index (χ4v) is 1.04. The molecular weight excluding hydrogens is 190 g/mol. The molecule has 3 N–H and O–H groups in total. The second kappa shape index (κ2) is 5.80. The first-order valence-corrected chi connectivity index (χ1v) is 3.85. The molecule has 0 fully saturated rings. The van der Waals surface area contributed by atoms with E-state index in [2.05, 4.69) is 5.32 Å². The summed E-state index contributed by atoms with van der Waals surface area (Å²) >= 11 is 0. The molecule has 0 spiro atoms. The molecule has 0 heterocycles. The molecule has 1 atom stereocenters. The molecule has 13 heavy (non-hydrogen) atoms. The van der Waals surface area contributed by atoms with Crippen molar-refractivity contribution < 1.29 is 22.6 Å². The Hall–Kier alpha value is -0.770. The number of aromatic hydroxyl groups is 1. The van der Waals surface area contributed by atoms with E-state index in [-0.39, 0.29) is 18.2 Å². The van der Waals surface area contributed by atoms with Gasteiger partial charge < -0.3 is 27.9 Å². The SMILES string of the molecule is CNCC(O)c1cccc(O)c1.[Cl-]. The largest absolute Gasteiger partial charge is 1.00 e. The van der Waals surface area contributed by atoms with Gasteiger partial charge >= 0.3 is 0 Å². The lowest BCUT2D eigenvalue weighted by Crippen LogP contribution is -3.00. The van der Waals surface area contributed by atoms with E-state index in [1.807, 2.05) is 0 Å². The molecule has 1 aromatic rings. The molecule has 0 amide bonds. The summed E-state index contributed by atoms with van der Waals surface area (Å²) in [6.45, 7) is 0.490. The molecule has 1 unspecified atom stereocenters. The Bertz CT molecular complexity index is 255. The molecule has 0 radical (unpaired) electrons. The second-order valence-corrected chi connectivity index (χ2v) is 2.67. The monoisotopic (exact) mass is 202 g/mol. The molecule has 1 aromatic carbocycles. The van der Waals surface area contributed by atoms with Crippen LogP contribution in [0, 0.1) is 0 Å². The van der Waals surface area contributed by atoms with E-state index < -0.39 is 6.10 Å². The lowest BCUT2D eigenvalue weighted by Gasteiger charge is -2.09. The number of phenolic OH excluding ortho intramolecular Hbond substituents is 1. The Balaban J connectivity index is 0.00000144. The molecule has 0 aromatic heterocycles. The summed E-state index contributed by atoms with van der Waals surface area (Å²) < 4.78 is 0. The van der Waals surface area contributed by atoms with Gasteiger partial charge in [0.1, 0.15) is 5.75 Å². The maximum absolute atomic E-state index is 9.47. The van der Waals surface area contributed by atoms with Crippen LogP contribution in [0.1, 0.15) is 11.7 Å². The molecule has 74 valence electrons. The normalized spacial score (nSPS) is 11.8. The average molecular weight is 203 g/mol. The Morgan fingerprint density at radius 1 is 1.46 bits per heavy atom. The highest BCUT2D eigenvalue weighted by molar-refractivity contribution is 5.28. The molecule has 0 saturated heterocycles. The highest BCUT2D eigenvalue weighted by Gasteiger charge is 2.05. The first kappa shape index (κ1) is 12.2. The standard InChI is InChI=1S/C9H13NO2.ClH/c1-10-6-9(12)7-3-2-4-8(11)5-7;/h2-5,9-12H,6H2,1H3;1H/p-1. The lowest BCUT2D eigenvalue weighted by molar-refractivity contribution is -0.00000519. The molecule has 0 saturated carbocycles. The third-order valence-electron chi connectivity index (χ3n) is 1.65. The molecule has 0 aliphatic rings. The summed E-state index contributed by atoms with van der Waals surface area (Å²) in [4.78, 5) is 0. The van der Waals surface area contributed by atoms with Crippen molar-refractivity contribution in [1.82, 2.24) is 5.32 Å². The van der Waals surface area contributed by atoms with Crippen LogP contribution in [0.2, 0.25) is 0 Å². The number of halogens is 1. The van der Waals surface area contributed by atoms with E-state index in [1.165, 1.54) is 0 Å². The highest BCUT2D eigenvalue weighted by Crippen LogP contribution is 2.17. The van der Waals surface area contributed by atoms with Crippen LogP contribution >= 0.6 is 0 Å². The van der Waals surface area contributed by atoms with E-state index in [0.29, 0.717) is 6.54 Å². The first-order chi connectivity index (χ1) is 5.74. The maximum Gasteiger partial charge on any atom is 0.115 e. The molecule has 1 rings (SSSR count). The number of aliphatic hydroxyl groups is 1. The predicted molar refractivity (Wildman–Crippen MR) is 47.0 cm³/mol. The van der Waals surface area contributed by atoms with Gasteiger partial charge in [-0.15, -0.1) is 0 Å². The van der Waals surface area contributed by atoms with Crippen molar-refractivity contribution in [3.63, 3.8) is 0 Å². The van der Waals surface area contributed by atoms with Crippen LogP contribution in [-0.4, -0.2) is 23.8 Å². The quantitative estimate of drug-likeness (QED) is 0.515. The van der Waals surface area contributed by atoms with Crippen LogP contribution in [0.3, 0.4) is 0 Å². The van der Waals surface area contributed by atoms with Crippen LogP contribution in [-0.2, 0) is 0 Å². The Labute approximate surface area is 83.8 Å². The second-order valence-electron chi connectivity index (χ2n) is 2.67. The van der Waals surface area contributed by atoms with Crippen LogP contribution in [0.5, 0.6) is 5.75 Å². The third kappa shape index (κ3) is 3.63. The molecule has 0 aliphatic heterocycles. The minimum Gasteiger partial charge on any atom is -1.00 e. The summed E-state index contributed by atoms with van der Waals surface area (Å²) in [5.74, 6) is 0.183. The fraction of sp³-hybridized carbons (Fsp3) is 0.333. The van der Waals surface area contributed by atoms with Crippen molar-refractivity contribution in [1.29, 1.82) is 0 Å². The van der Waals surface area contributed by atoms with E-state index in [4.69, 9.17) is 5.11 Å². The Kier molecular flexibility index (Phi) is 5.46. The number of benzene rings is 1. The Morgan fingerprint density at radius 3 is 2.69 bits per heavy atom. The number of hydrogen-bond acceptors (Lipinski definition) is 3. The maximum atomic E-state index is 9.47. The van der Waals surface area contributed by atoms with Gasteiger partial charge in [-0.3, -0.25) is 0 Å². The first-order valence-electron chi connectivity index (χ1n) is 3.85. The van der Waals surface area contributed by atoms with Gasteiger partial charge in [-0.05, 0) is 24.7 Å². The van der Waals surface area contributed by atoms with Crippen molar-refractivity contribution in [2.45, 2.75) is 6.10 Å². The van der Waals surface area contributed by atoms with Crippen molar-refractivity contribution in [2.24, 2.45) is 0 Å². The molecule has 0 bridgehead atoms. The highest BCUT2D eigenvalue weighted by atomic mass is 35.5. The van der Waals surface area contributed by atoms with Crippen molar-refractivity contribution in [2.75, 3.05) is 13.6 Å². The van der Waals surface area contributed by atoms with E-state index in [0.717, 1.165) is 5.56 Å². The molecule has 3 nitrogen and oxygen atoms in total. The summed E-state index contributed by atoms with van der Waals surface area (Å²) in [5.41, 5.74) is 0.726. The summed E-state index contributed by atoms with van der Waals surface area (Å²) in [6, 6.07) is 6.63. The van der Waals surface area contributed by atoms with Gasteiger partial charge in [0, 0.05) is 6.54 Å². The van der Waals surface area contributed by atoms with Gasteiger partial charge in [0.2, 0.25) is 0 Å². The molecular formula is C9H13ClNO2-. The van der Waals surface area contributed by atoms with E-state index >= 15 is 0 Å². The number of phenols is 1. The summed E-state index contributed by atoms with van der Waals surface area (Å²) in [7, 11) is 1.77. The number of likely N-dealkylation sites (N-methyl/N-ethyl adjacent to an activating group) is 1. The van der Waals surface area contributed by atoms with Gasteiger partial charge in [-0.2, -0.15) is 0 Å². The van der Waals surface area contributed by atoms with Crippen LogP contribution in [0.15, 0.2) is 24.3 Å². The van der Waals surface area contributed by atoms with Crippen molar-refractivity contribution in [3.8, 4) is 5.75 Å². The third-order valence-corrected chi connectivity index (χ3v) is 1.65. The zero-order valence-corrected chi connectivity index (χ0v) is 8.12. The molecule has 4 heteroatoms. The van der Waals surface area contributed by atoms with Gasteiger partial charge in [0.25, 0.3) is 0 Å². The zero-order chi connectivity index (χ0) is 8.97. The van der Waals surface area contributed by atoms with Gasteiger partial charge in [-0.1, -0.05) is 12.1 Å². The number of aliphatic hydroxyl groups excluding tert-OH is 1. The number of nitrogens with one attached hydrogen (secondary N) is 1. The number of hydrogen-bond donors (Lipinski definition) is 3. The number of rotatable bonds is 3. The van der Waals surface area contributed by atoms with Gasteiger partial charge in [0.15, 0.2) is 0 Å². The zero-order valence-electron chi connectivity index (χ0n) is 7.37. The van der Waals surface area contributed by atoms with E-state index in [1.54, 1.807) is 31.3 Å². The Morgan fingerprint density at radius 2 is 2.15 bits per heavy atom. The van der Waals surface area contributed by atoms with Crippen molar-refractivity contribution >= 4 is 0 Å². The minimum atomic E-state index is -0.554. The van der Waals surface area contributed by atoms with Gasteiger partial charge in [-0.25, -0.2) is 0 Å². The van der Waals surface area contributed by atoms with Crippen molar-refractivity contribution in [3.05, 3.63) is 29.8 Å². The molecule has 0 aliphatic carbocycles. The summed E-state index contributed by atoms with van der Waals surface area (Å²) in [5, 5.41) is 21.4. The van der Waals surface area contributed by atoms with Crippen LogP contribution in [0.4, 0.5) is 0 Å². The van der Waals surface area contributed by atoms with Crippen LogP contribution < -0.4 is 17.7 Å². The van der Waals surface area contributed by atoms with E-state index in [9.17, 15) is 5.11 Å². The average Bonchev–Trinajstić information content (AvgIpc) is 2.05.